The van der Waals surface area contributed by atoms with Crippen LogP contribution >= 0.6 is 0 Å². The van der Waals surface area contributed by atoms with E-state index in [1.165, 1.54) is 22.8 Å². The number of fused-ring (bicyclic) bond motifs is 1. The average Bonchev–Trinajstić information content (AvgIpc) is 2.80. The highest BCUT2D eigenvalue weighted by Crippen LogP contribution is 2.18. The fourth-order valence-electron chi connectivity index (χ4n) is 2.04. The maximum absolute atomic E-state index is 13.4. The van der Waals surface area contributed by atoms with E-state index in [2.05, 4.69) is 15.4 Å². The number of aryl methyl sites for hydroxylation is 1. The van der Waals surface area contributed by atoms with Crippen molar-refractivity contribution in [1.82, 2.24) is 14.6 Å². The van der Waals surface area contributed by atoms with E-state index in [-0.39, 0.29) is 11.5 Å². The minimum Gasteiger partial charge on any atom is -0.476 e. The summed E-state index contributed by atoms with van der Waals surface area (Å²) in [7, 11) is 0. The Balaban J connectivity index is 2.00. The molecule has 0 radical (unpaired) electrons. The van der Waals surface area contributed by atoms with Crippen LogP contribution in [0.3, 0.4) is 0 Å². The van der Waals surface area contributed by atoms with Gasteiger partial charge in [-0.3, -0.25) is 0 Å². The summed E-state index contributed by atoms with van der Waals surface area (Å²) < 4.78 is 14.6. The molecule has 0 saturated heterocycles. The normalized spacial score (nSPS) is 10.8. The van der Waals surface area contributed by atoms with Crippen LogP contribution in [-0.4, -0.2) is 25.7 Å². The van der Waals surface area contributed by atoms with Gasteiger partial charge in [-0.15, -0.1) is 5.10 Å². The number of aromatic carboxylic acids is 1. The molecule has 0 bridgehead atoms. The van der Waals surface area contributed by atoms with Gasteiger partial charge in [0.05, 0.1) is 6.20 Å². The topological polar surface area (TPSA) is 79.5 Å². The SMILES string of the molecule is Cc1cc(F)cc(Nc2ccc3ncc(C(=O)O)n3n2)c1. The number of halogens is 1. The van der Waals surface area contributed by atoms with Gasteiger partial charge in [-0.1, -0.05) is 0 Å². The number of nitrogens with one attached hydrogen (secondary N) is 1. The number of carboxylic acids is 1. The number of aromatic nitrogens is 3. The Labute approximate surface area is 118 Å². The number of benzene rings is 1. The first-order valence-electron chi connectivity index (χ1n) is 6.15. The van der Waals surface area contributed by atoms with Crippen LogP contribution in [0, 0.1) is 12.7 Å². The molecule has 0 aliphatic rings. The lowest BCUT2D eigenvalue weighted by Gasteiger charge is -2.07. The van der Waals surface area contributed by atoms with E-state index in [0.29, 0.717) is 17.2 Å². The molecule has 3 aromatic rings. The smallest absolute Gasteiger partial charge is 0.356 e. The van der Waals surface area contributed by atoms with Crippen molar-refractivity contribution < 1.29 is 14.3 Å². The third kappa shape index (κ3) is 2.53. The highest BCUT2D eigenvalue weighted by atomic mass is 19.1. The van der Waals surface area contributed by atoms with Gasteiger partial charge in [-0.2, -0.15) is 0 Å². The van der Waals surface area contributed by atoms with E-state index in [0.717, 1.165) is 5.56 Å². The van der Waals surface area contributed by atoms with Crippen LogP contribution in [0.4, 0.5) is 15.9 Å². The zero-order valence-electron chi connectivity index (χ0n) is 11.0. The lowest BCUT2D eigenvalue weighted by molar-refractivity contribution is 0.0688. The van der Waals surface area contributed by atoms with Gasteiger partial charge in [0.2, 0.25) is 0 Å². The summed E-state index contributed by atoms with van der Waals surface area (Å²) in [5.74, 6) is -1.07. The third-order valence-electron chi connectivity index (χ3n) is 2.90. The second-order valence-corrected chi connectivity index (χ2v) is 4.58. The van der Waals surface area contributed by atoms with E-state index in [1.54, 1.807) is 25.1 Å². The van der Waals surface area contributed by atoms with E-state index in [4.69, 9.17) is 5.11 Å². The zero-order valence-corrected chi connectivity index (χ0v) is 11.0. The molecule has 21 heavy (non-hydrogen) atoms. The molecule has 0 unspecified atom stereocenters. The fraction of sp³-hybridized carbons (Fsp3) is 0.0714. The van der Waals surface area contributed by atoms with E-state index < -0.39 is 5.97 Å². The number of nitrogens with zero attached hydrogens (tertiary/aromatic N) is 3. The van der Waals surface area contributed by atoms with Crippen LogP contribution in [0.2, 0.25) is 0 Å². The predicted molar refractivity (Wildman–Crippen MR) is 74.4 cm³/mol. The van der Waals surface area contributed by atoms with Gasteiger partial charge in [0.15, 0.2) is 17.2 Å². The van der Waals surface area contributed by atoms with Crippen molar-refractivity contribution in [2.24, 2.45) is 0 Å². The van der Waals surface area contributed by atoms with Crippen LogP contribution in [0.5, 0.6) is 0 Å². The Bertz CT molecular complexity index is 824. The zero-order chi connectivity index (χ0) is 15.0. The van der Waals surface area contributed by atoms with Gasteiger partial charge in [-0.25, -0.2) is 18.7 Å². The Hall–Kier alpha value is -2.96. The molecule has 2 heterocycles. The van der Waals surface area contributed by atoms with Crippen LogP contribution in [-0.2, 0) is 0 Å². The summed E-state index contributed by atoms with van der Waals surface area (Å²) in [4.78, 5) is 15.0. The van der Waals surface area contributed by atoms with E-state index in [9.17, 15) is 9.18 Å². The van der Waals surface area contributed by atoms with Crippen LogP contribution < -0.4 is 5.32 Å². The quantitative estimate of drug-likeness (QED) is 0.773. The van der Waals surface area contributed by atoms with Gasteiger partial charge in [0.25, 0.3) is 0 Å². The van der Waals surface area contributed by atoms with Gasteiger partial charge in [0.1, 0.15) is 5.82 Å². The molecule has 0 amide bonds. The standard InChI is InChI=1S/C14H11FN4O2/c1-8-4-9(15)6-10(5-8)17-12-2-3-13-16-7-11(14(20)21)19(13)18-12/h2-7H,1H3,(H,17,18)(H,20,21). The fourth-order valence-corrected chi connectivity index (χ4v) is 2.04. The molecular weight excluding hydrogens is 275 g/mol. The number of anilines is 2. The Kier molecular flexibility index (Phi) is 3.02. The molecular formula is C14H11FN4O2. The Morgan fingerprint density at radius 2 is 2.14 bits per heavy atom. The average molecular weight is 286 g/mol. The summed E-state index contributed by atoms with van der Waals surface area (Å²) in [5.41, 5.74) is 1.70. The lowest BCUT2D eigenvalue weighted by Crippen LogP contribution is -2.06. The highest BCUT2D eigenvalue weighted by molar-refractivity contribution is 5.86. The summed E-state index contributed by atoms with van der Waals surface area (Å²) >= 11 is 0. The number of hydrogen-bond acceptors (Lipinski definition) is 4. The largest absolute Gasteiger partial charge is 0.476 e. The molecule has 106 valence electrons. The summed E-state index contributed by atoms with van der Waals surface area (Å²) in [6.45, 7) is 1.78. The van der Waals surface area contributed by atoms with Crippen molar-refractivity contribution >= 4 is 23.1 Å². The van der Waals surface area contributed by atoms with Gasteiger partial charge in [0, 0.05) is 5.69 Å². The number of carboxylic acid groups (broad SMARTS) is 1. The second-order valence-electron chi connectivity index (χ2n) is 4.58. The minimum atomic E-state index is -1.12. The first-order valence-corrected chi connectivity index (χ1v) is 6.15. The summed E-state index contributed by atoms with van der Waals surface area (Å²) in [6.07, 6.45) is 1.24. The van der Waals surface area contributed by atoms with E-state index >= 15 is 0 Å². The molecule has 2 N–H and O–H groups in total. The molecule has 3 rings (SSSR count). The molecule has 7 heteroatoms. The van der Waals surface area contributed by atoms with Crippen LogP contribution in [0.15, 0.2) is 36.5 Å². The Morgan fingerprint density at radius 1 is 1.33 bits per heavy atom. The third-order valence-corrected chi connectivity index (χ3v) is 2.90. The maximum atomic E-state index is 13.4. The van der Waals surface area contributed by atoms with Crippen molar-refractivity contribution in [3.8, 4) is 0 Å². The minimum absolute atomic E-state index is 0.0379. The van der Waals surface area contributed by atoms with Crippen molar-refractivity contribution in [1.29, 1.82) is 0 Å². The van der Waals surface area contributed by atoms with Crippen molar-refractivity contribution in [2.45, 2.75) is 6.92 Å². The molecule has 0 atom stereocenters. The van der Waals surface area contributed by atoms with Gasteiger partial charge < -0.3 is 10.4 Å². The monoisotopic (exact) mass is 286 g/mol. The first kappa shape index (κ1) is 13.0. The summed E-state index contributed by atoms with van der Waals surface area (Å²) in [6, 6.07) is 7.80. The second kappa shape index (κ2) is 4.86. The highest BCUT2D eigenvalue weighted by Gasteiger charge is 2.12. The maximum Gasteiger partial charge on any atom is 0.356 e. The van der Waals surface area contributed by atoms with Crippen molar-refractivity contribution in [2.75, 3.05) is 5.32 Å². The molecule has 0 fully saturated rings. The van der Waals surface area contributed by atoms with E-state index in [1.807, 2.05) is 0 Å². The molecule has 0 aliphatic heterocycles. The summed E-state index contributed by atoms with van der Waals surface area (Å²) in [5, 5.41) is 16.1. The molecule has 6 nitrogen and oxygen atoms in total. The molecule has 0 aliphatic carbocycles. The lowest BCUT2D eigenvalue weighted by atomic mass is 10.2. The number of carbonyl (C=O) groups is 1. The molecule has 0 saturated carbocycles. The molecule has 0 spiro atoms. The number of imidazole rings is 1. The van der Waals surface area contributed by atoms with Crippen LogP contribution in [0.1, 0.15) is 16.1 Å². The van der Waals surface area contributed by atoms with Gasteiger partial charge >= 0.3 is 5.97 Å². The number of rotatable bonds is 3. The molecule has 2 aromatic heterocycles. The number of hydrogen-bond donors (Lipinski definition) is 2. The Morgan fingerprint density at radius 3 is 2.86 bits per heavy atom. The predicted octanol–water partition coefficient (Wildman–Crippen LogP) is 2.62. The molecule has 1 aromatic carbocycles. The van der Waals surface area contributed by atoms with Crippen molar-refractivity contribution in [3.05, 3.63) is 53.6 Å². The van der Waals surface area contributed by atoms with Crippen molar-refractivity contribution in [3.63, 3.8) is 0 Å². The van der Waals surface area contributed by atoms with Crippen LogP contribution in [0.25, 0.3) is 5.65 Å². The first-order chi connectivity index (χ1) is 10.0. The van der Waals surface area contributed by atoms with Gasteiger partial charge in [-0.05, 0) is 42.8 Å².